The number of hydrogen-bond acceptors (Lipinski definition) is 3. The standard InChI is InChI=1S/C9H18N2O2/c1-3-11-6-8(4-5-10-2)7-13-9(11)12/h8,10H,3-7H2,1-2H3. The number of nitrogens with one attached hydrogen (secondary N) is 1. The molecule has 1 amide bonds. The van der Waals surface area contributed by atoms with E-state index in [0.717, 1.165) is 26.1 Å². The average molecular weight is 186 g/mol. The smallest absolute Gasteiger partial charge is 0.409 e. The van der Waals surface area contributed by atoms with Gasteiger partial charge in [-0.15, -0.1) is 0 Å². The molecule has 1 rings (SSSR count). The third-order valence-electron chi connectivity index (χ3n) is 2.36. The molecule has 1 fully saturated rings. The van der Waals surface area contributed by atoms with E-state index in [4.69, 9.17) is 4.74 Å². The highest BCUT2D eigenvalue weighted by molar-refractivity contribution is 5.68. The Bertz CT molecular complexity index is 173. The molecular weight excluding hydrogens is 168 g/mol. The van der Waals surface area contributed by atoms with Gasteiger partial charge in [0.25, 0.3) is 0 Å². The van der Waals surface area contributed by atoms with Gasteiger partial charge in [-0.2, -0.15) is 0 Å². The van der Waals surface area contributed by atoms with Crippen LogP contribution in [0.4, 0.5) is 4.79 Å². The molecule has 1 atom stereocenters. The number of carbonyl (C=O) groups is 1. The van der Waals surface area contributed by atoms with Crippen molar-refractivity contribution in [3.63, 3.8) is 0 Å². The number of rotatable bonds is 4. The van der Waals surface area contributed by atoms with Gasteiger partial charge in [-0.25, -0.2) is 4.79 Å². The van der Waals surface area contributed by atoms with E-state index in [1.165, 1.54) is 0 Å². The third kappa shape index (κ3) is 2.88. The highest BCUT2D eigenvalue weighted by Gasteiger charge is 2.25. The second kappa shape index (κ2) is 5.07. The van der Waals surface area contributed by atoms with Gasteiger partial charge in [-0.05, 0) is 26.9 Å². The van der Waals surface area contributed by atoms with Crippen molar-refractivity contribution >= 4 is 6.09 Å². The van der Waals surface area contributed by atoms with E-state index in [-0.39, 0.29) is 6.09 Å². The second-order valence-corrected chi connectivity index (χ2v) is 3.37. The lowest BCUT2D eigenvalue weighted by Crippen LogP contribution is -2.43. The molecule has 1 heterocycles. The minimum atomic E-state index is -0.164. The van der Waals surface area contributed by atoms with Gasteiger partial charge in [0.15, 0.2) is 0 Å². The van der Waals surface area contributed by atoms with Crippen molar-refractivity contribution in [1.82, 2.24) is 10.2 Å². The van der Waals surface area contributed by atoms with Crippen LogP contribution < -0.4 is 5.32 Å². The van der Waals surface area contributed by atoms with Gasteiger partial charge >= 0.3 is 6.09 Å². The molecule has 0 aromatic heterocycles. The van der Waals surface area contributed by atoms with Gasteiger partial charge in [-0.3, -0.25) is 0 Å². The Kier molecular flexibility index (Phi) is 4.02. The van der Waals surface area contributed by atoms with Crippen LogP contribution in [-0.2, 0) is 4.74 Å². The van der Waals surface area contributed by atoms with Gasteiger partial charge in [-0.1, -0.05) is 0 Å². The lowest BCUT2D eigenvalue weighted by molar-refractivity contribution is 0.0431. The highest BCUT2D eigenvalue weighted by atomic mass is 16.6. The first kappa shape index (κ1) is 10.3. The first-order valence-electron chi connectivity index (χ1n) is 4.84. The zero-order valence-electron chi connectivity index (χ0n) is 8.38. The van der Waals surface area contributed by atoms with Crippen LogP contribution in [0.2, 0.25) is 0 Å². The Morgan fingerprint density at radius 2 is 2.46 bits per heavy atom. The van der Waals surface area contributed by atoms with Crippen LogP contribution in [0.5, 0.6) is 0 Å². The van der Waals surface area contributed by atoms with Crippen molar-refractivity contribution in [2.45, 2.75) is 13.3 Å². The van der Waals surface area contributed by atoms with Crippen LogP contribution in [0.15, 0.2) is 0 Å². The molecule has 4 nitrogen and oxygen atoms in total. The Labute approximate surface area is 79.2 Å². The summed E-state index contributed by atoms with van der Waals surface area (Å²) in [6.07, 6.45) is 0.906. The monoisotopic (exact) mass is 186 g/mol. The van der Waals surface area contributed by atoms with Crippen molar-refractivity contribution in [3.8, 4) is 0 Å². The number of cyclic esters (lactones) is 1. The molecule has 13 heavy (non-hydrogen) atoms. The van der Waals surface area contributed by atoms with E-state index < -0.39 is 0 Å². The van der Waals surface area contributed by atoms with E-state index >= 15 is 0 Å². The molecule has 1 aliphatic rings. The molecule has 4 heteroatoms. The van der Waals surface area contributed by atoms with Crippen LogP contribution >= 0.6 is 0 Å². The van der Waals surface area contributed by atoms with Crippen LogP contribution in [-0.4, -0.2) is 44.3 Å². The summed E-state index contributed by atoms with van der Waals surface area (Å²) in [7, 11) is 1.94. The Morgan fingerprint density at radius 3 is 3.08 bits per heavy atom. The summed E-state index contributed by atoms with van der Waals surface area (Å²) in [6.45, 7) is 5.13. The fraction of sp³-hybridized carbons (Fsp3) is 0.889. The molecule has 0 spiro atoms. The fourth-order valence-electron chi connectivity index (χ4n) is 1.50. The topological polar surface area (TPSA) is 41.6 Å². The molecule has 1 N–H and O–H groups in total. The van der Waals surface area contributed by atoms with Crippen molar-refractivity contribution in [3.05, 3.63) is 0 Å². The molecule has 1 unspecified atom stereocenters. The van der Waals surface area contributed by atoms with Crippen molar-refractivity contribution in [2.24, 2.45) is 5.92 Å². The number of carbonyl (C=O) groups excluding carboxylic acids is 1. The number of hydrogen-bond donors (Lipinski definition) is 1. The third-order valence-corrected chi connectivity index (χ3v) is 2.36. The van der Waals surface area contributed by atoms with Gasteiger partial charge < -0.3 is 15.0 Å². The Hall–Kier alpha value is -0.770. The van der Waals surface area contributed by atoms with Gasteiger partial charge in [0.1, 0.15) is 0 Å². The lowest BCUT2D eigenvalue weighted by atomic mass is 10.1. The van der Waals surface area contributed by atoms with Crippen LogP contribution in [0.1, 0.15) is 13.3 Å². The van der Waals surface area contributed by atoms with Crippen molar-refractivity contribution in [1.29, 1.82) is 0 Å². The summed E-state index contributed by atoms with van der Waals surface area (Å²) in [5, 5.41) is 3.10. The quantitative estimate of drug-likeness (QED) is 0.702. The van der Waals surface area contributed by atoms with Gasteiger partial charge in [0, 0.05) is 19.0 Å². The summed E-state index contributed by atoms with van der Waals surface area (Å²) in [4.78, 5) is 12.9. The Morgan fingerprint density at radius 1 is 1.69 bits per heavy atom. The molecular formula is C9H18N2O2. The second-order valence-electron chi connectivity index (χ2n) is 3.37. The summed E-state index contributed by atoms with van der Waals surface area (Å²) in [5.74, 6) is 0.491. The molecule has 0 aromatic rings. The summed E-state index contributed by atoms with van der Waals surface area (Å²) < 4.78 is 5.05. The van der Waals surface area contributed by atoms with Crippen LogP contribution in [0.3, 0.4) is 0 Å². The molecule has 0 saturated carbocycles. The fourth-order valence-corrected chi connectivity index (χ4v) is 1.50. The number of nitrogens with zero attached hydrogens (tertiary/aromatic N) is 1. The van der Waals surface area contributed by atoms with E-state index in [1.54, 1.807) is 4.90 Å². The van der Waals surface area contributed by atoms with E-state index in [2.05, 4.69) is 5.32 Å². The zero-order chi connectivity index (χ0) is 9.68. The summed E-state index contributed by atoms with van der Waals surface area (Å²) in [5.41, 5.74) is 0. The molecule has 0 aromatic carbocycles. The SMILES string of the molecule is CCN1CC(CCNC)COC1=O. The Balaban J connectivity index is 2.31. The average Bonchev–Trinajstić information content (AvgIpc) is 2.16. The summed E-state index contributed by atoms with van der Waals surface area (Å²) in [6, 6.07) is 0. The van der Waals surface area contributed by atoms with Crippen LogP contribution in [0, 0.1) is 5.92 Å². The normalized spacial score (nSPS) is 23.1. The molecule has 0 aliphatic carbocycles. The maximum absolute atomic E-state index is 11.1. The molecule has 1 saturated heterocycles. The summed E-state index contributed by atoms with van der Waals surface area (Å²) >= 11 is 0. The highest BCUT2D eigenvalue weighted by Crippen LogP contribution is 2.13. The van der Waals surface area contributed by atoms with Crippen LogP contribution in [0.25, 0.3) is 0 Å². The minimum Gasteiger partial charge on any atom is -0.449 e. The first-order valence-corrected chi connectivity index (χ1v) is 4.84. The minimum absolute atomic E-state index is 0.164. The molecule has 0 bridgehead atoms. The van der Waals surface area contributed by atoms with E-state index in [9.17, 15) is 4.79 Å². The molecule has 0 radical (unpaired) electrons. The van der Waals surface area contributed by atoms with E-state index in [0.29, 0.717) is 12.5 Å². The predicted octanol–water partition coefficient (Wildman–Crippen LogP) is 0.684. The molecule has 1 aliphatic heterocycles. The maximum Gasteiger partial charge on any atom is 0.409 e. The predicted molar refractivity (Wildman–Crippen MR) is 50.6 cm³/mol. The first-order chi connectivity index (χ1) is 6.27. The van der Waals surface area contributed by atoms with E-state index in [1.807, 2.05) is 14.0 Å². The number of ether oxygens (including phenoxy) is 1. The zero-order valence-corrected chi connectivity index (χ0v) is 8.38. The number of amides is 1. The van der Waals surface area contributed by atoms with Gasteiger partial charge in [0.05, 0.1) is 6.61 Å². The largest absolute Gasteiger partial charge is 0.449 e. The lowest BCUT2D eigenvalue weighted by Gasteiger charge is -2.31. The van der Waals surface area contributed by atoms with Crippen molar-refractivity contribution in [2.75, 3.05) is 33.3 Å². The maximum atomic E-state index is 11.1. The van der Waals surface area contributed by atoms with Gasteiger partial charge in [0.2, 0.25) is 0 Å². The van der Waals surface area contributed by atoms with Crippen molar-refractivity contribution < 1.29 is 9.53 Å². The molecule has 76 valence electrons.